The van der Waals surface area contributed by atoms with E-state index in [1.165, 1.54) is 76.7 Å². The Morgan fingerprint density at radius 3 is 0.838 bits per heavy atom. The molecule has 0 radical (unpaired) electrons. The third kappa shape index (κ3) is 29.2. The number of rotatable bonds is 26. The van der Waals surface area contributed by atoms with Crippen molar-refractivity contribution in [1.82, 2.24) is 36.8 Å². The average molecular weight is 2180 g/mol. The fourth-order valence-electron chi connectivity index (χ4n) is 20.7. The van der Waals surface area contributed by atoms with Gasteiger partial charge in [0, 0.05) is 195 Å². The minimum Gasteiger partial charge on any atom is -0.435 e. The molecule has 0 bridgehead atoms. The lowest BCUT2D eigenvalue weighted by Gasteiger charge is -2.37. The van der Waals surface area contributed by atoms with Gasteiger partial charge in [0.1, 0.15) is 15.8 Å². The van der Waals surface area contributed by atoms with Crippen molar-refractivity contribution in [3.05, 3.63) is 215 Å². The molecule has 0 atom stereocenters. The molecule has 4 amide bonds. The van der Waals surface area contributed by atoms with Crippen LogP contribution in [0.5, 0.6) is 5.75 Å². The highest BCUT2D eigenvalue weighted by atomic mass is 35.5. The number of piperidine rings is 8. The quantitative estimate of drug-likeness (QED) is 0.0488. The molecule has 8 aliphatic rings. The molecule has 142 heavy (non-hydrogen) atoms. The van der Waals surface area contributed by atoms with Gasteiger partial charge in [0.05, 0.1) is 61.4 Å². The number of benzene rings is 7. The van der Waals surface area contributed by atoms with E-state index in [0.717, 1.165) is 221 Å². The maximum Gasteiger partial charge on any atom is 0.387 e. The van der Waals surface area contributed by atoms with E-state index in [1.807, 2.05) is 60.7 Å². The largest absolute Gasteiger partial charge is 0.435 e. The van der Waals surface area contributed by atoms with Gasteiger partial charge < -0.3 is 43.9 Å². The number of alkyl halides is 2. The van der Waals surface area contributed by atoms with Crippen molar-refractivity contribution in [1.29, 1.82) is 0 Å². The van der Waals surface area contributed by atoms with E-state index in [0.29, 0.717) is 156 Å². The minimum atomic E-state index is -3.76. The Morgan fingerprint density at radius 1 is 0.324 bits per heavy atom. The van der Waals surface area contributed by atoms with Crippen molar-refractivity contribution < 1.29 is 70.8 Å². The number of amides is 4. The number of hydrogen-bond acceptors (Lipinski definition) is 18. The lowest BCUT2D eigenvalue weighted by Crippen LogP contribution is -2.39. The van der Waals surface area contributed by atoms with Crippen LogP contribution in [0.3, 0.4) is 0 Å². The number of carbonyl (C=O) groups is 4. The zero-order valence-corrected chi connectivity index (χ0v) is 90.4. The number of sulfonamides is 4. The van der Waals surface area contributed by atoms with E-state index in [1.54, 1.807) is 107 Å². The summed E-state index contributed by atoms with van der Waals surface area (Å²) in [7, 11) is -0.525. The maximum absolute atomic E-state index is 13.2. The topological polar surface area (TPSA) is 253 Å². The molecule has 8 aromatic rings. The summed E-state index contributed by atoms with van der Waals surface area (Å²) in [6.07, 6.45) is 20.1. The molecule has 1 aromatic heterocycles. The first kappa shape index (κ1) is 111. The summed E-state index contributed by atoms with van der Waals surface area (Å²) in [4.78, 5) is 64.7. The van der Waals surface area contributed by atoms with Crippen LogP contribution in [0.2, 0.25) is 29.4 Å². The first-order chi connectivity index (χ1) is 67.5. The molecule has 7 aromatic carbocycles. The van der Waals surface area contributed by atoms with Gasteiger partial charge in [-0.15, -0.1) is 11.3 Å². The summed E-state index contributed by atoms with van der Waals surface area (Å²) < 4.78 is 153. The van der Waals surface area contributed by atoms with Crippen LogP contribution < -0.4 is 24.3 Å². The first-order valence-electron chi connectivity index (χ1n) is 48.9. The van der Waals surface area contributed by atoms with E-state index in [9.17, 15) is 66.0 Å². The van der Waals surface area contributed by atoms with Crippen LogP contribution >= 0.6 is 80.9 Å². The SMILES string of the molecule is CN(C)C(=O)c1ccc(N2CCC(CC3CCN(S(=O)(=O)c4ccc(Cl)s4)CC3)CC2)cc1Cl.CN(C)C(=O)c1ccc(N2CCC(CC3CCN(S(=O)(=O)c4ccc(F)cc4)CC3)CC2)cc1Cl.CN(C)C(=O)c1ccc(N2CCC(CC3CCN(S(=O)(=O)c4cccc(Cl)c4)CC3)CC2)cc1Cl.CN(C)C(=O)c1ccc(N2CCC(CC3CCN(S(=O)(=O)c4cccc(OC(F)F)c4)CC3)CC2)cc1Cl. The molecule has 8 saturated heterocycles. The van der Waals surface area contributed by atoms with Crippen LogP contribution in [0.4, 0.5) is 35.9 Å². The molecule has 0 N–H and O–H groups in total. The van der Waals surface area contributed by atoms with Gasteiger partial charge in [0.15, 0.2) is 0 Å². The van der Waals surface area contributed by atoms with Crippen LogP contribution in [0, 0.1) is 53.2 Å². The molecule has 0 spiro atoms. The second-order valence-electron chi connectivity index (χ2n) is 39.3. The molecule has 39 heteroatoms. The Balaban J connectivity index is 0.000000159. The average Bonchev–Trinajstić information content (AvgIpc) is 1.10. The standard InChI is InChI=1S/C27H34ClF2N3O4S.C26H33Cl2N3O3S.C26H33ClFN3O3S.C24H31Cl2N3O3S2/c1-31(2)26(34)24-7-6-21(17-25(24)28)32-12-8-19(9-13-32)16-20-10-14-33(15-11-20)38(35,36)23-5-3-4-22(18-23)37-27(29)30;1-29(2)26(32)24-7-6-22(18-25(24)28)30-12-8-19(9-13-30)16-20-10-14-31(15-11-20)35(33,34)23-5-3-4-21(27)17-23;1-29(2)26(32)24-8-5-22(18-25(24)27)30-13-9-19(10-14-30)17-20-11-15-31(16-12-20)35(33,34)23-6-3-21(28)4-7-23;1-27(2)24(30)20-4-3-19(16-21(20)25)28-11-7-17(8-12-28)15-18-9-13-29(14-10-18)34(31,32)23-6-5-22(26)33-23/h3-7,17-20,27H,8-16H2,1-2H3;3-7,17-20H,8-16H2,1-2H3;3-8,18-20H,9-17H2,1-2H3;3-6,16-18H,7-15H2,1-2H3. The van der Waals surface area contributed by atoms with Gasteiger partial charge in [-0.3, -0.25) is 19.2 Å². The molecule has 0 unspecified atom stereocenters. The van der Waals surface area contributed by atoms with Gasteiger partial charge in [-0.1, -0.05) is 81.7 Å². The van der Waals surface area contributed by atoms with Crippen molar-refractivity contribution in [3.8, 4) is 5.75 Å². The highest BCUT2D eigenvalue weighted by Gasteiger charge is 2.39. The third-order valence-corrected chi connectivity index (χ3v) is 39.7. The van der Waals surface area contributed by atoms with Crippen LogP contribution in [-0.4, -0.2) is 262 Å². The summed E-state index contributed by atoms with van der Waals surface area (Å²) in [5, 5.41) is 2.35. The lowest BCUT2D eigenvalue weighted by atomic mass is 9.83. The monoisotopic (exact) mass is 2170 g/mol. The molecule has 25 nitrogen and oxygen atoms in total. The molecular weight excluding hydrogens is 2040 g/mol. The molecule has 8 aliphatic heterocycles. The number of anilines is 4. The summed E-state index contributed by atoms with van der Waals surface area (Å²) in [5.74, 6) is 3.62. The summed E-state index contributed by atoms with van der Waals surface area (Å²) in [5.41, 5.74) is 6.25. The Labute approximate surface area is 870 Å². The van der Waals surface area contributed by atoms with Gasteiger partial charge in [0.2, 0.25) is 30.1 Å². The van der Waals surface area contributed by atoms with E-state index in [2.05, 4.69) is 24.3 Å². The summed E-state index contributed by atoms with van der Waals surface area (Å²) in [6, 6.07) is 42.8. The summed E-state index contributed by atoms with van der Waals surface area (Å²) >= 11 is 38.7. The van der Waals surface area contributed by atoms with Crippen molar-refractivity contribution in [2.75, 3.05) is 181 Å². The van der Waals surface area contributed by atoms with Crippen molar-refractivity contribution >= 4 is 167 Å². The van der Waals surface area contributed by atoms with Gasteiger partial charge in [0.25, 0.3) is 33.7 Å². The van der Waals surface area contributed by atoms with E-state index in [-0.39, 0.29) is 44.1 Å². The van der Waals surface area contributed by atoms with Gasteiger partial charge in [-0.25, -0.2) is 38.1 Å². The van der Waals surface area contributed by atoms with E-state index in [4.69, 9.17) is 69.6 Å². The zero-order chi connectivity index (χ0) is 102. The molecule has 8 fully saturated rings. The lowest BCUT2D eigenvalue weighted by molar-refractivity contribution is -0.0500. The highest BCUT2D eigenvalue weighted by molar-refractivity contribution is 7.91. The molecule has 0 saturated carbocycles. The Kier molecular flexibility index (Phi) is 39.5. The van der Waals surface area contributed by atoms with Crippen LogP contribution in [0.1, 0.15) is 170 Å². The predicted octanol–water partition coefficient (Wildman–Crippen LogP) is 21.1. The van der Waals surface area contributed by atoms with Crippen molar-refractivity contribution in [2.24, 2.45) is 47.3 Å². The third-order valence-electron chi connectivity index (χ3n) is 28.9. The highest BCUT2D eigenvalue weighted by Crippen LogP contribution is 2.42. The molecule has 774 valence electrons. The number of hydrogen-bond donors (Lipinski definition) is 0. The Morgan fingerprint density at radius 2 is 0.585 bits per heavy atom. The number of thiophene rings is 1. The second-order valence-corrected chi connectivity index (χ2v) is 51.1. The second kappa shape index (κ2) is 50.3. The van der Waals surface area contributed by atoms with Crippen LogP contribution in [0.25, 0.3) is 0 Å². The normalized spacial score (nSPS) is 18.5. The molecule has 9 heterocycles. The Hall–Kier alpha value is -7.71. The number of halogens is 9. The predicted molar refractivity (Wildman–Crippen MR) is 562 cm³/mol. The smallest absolute Gasteiger partial charge is 0.387 e. The fourth-order valence-corrected chi connectivity index (χ4v) is 29.5. The van der Waals surface area contributed by atoms with E-state index < -0.39 is 52.5 Å². The summed E-state index contributed by atoms with van der Waals surface area (Å²) in [6.45, 7) is 8.71. The fraction of sp³-hybridized carbons (Fsp3) is 0.515. The molecular formula is C103H131Cl6F3N12O13S5. The number of nitrogens with zero attached hydrogens (tertiary/aromatic N) is 12. The van der Waals surface area contributed by atoms with Gasteiger partial charge in [-0.2, -0.15) is 26.0 Å². The minimum absolute atomic E-state index is 0.0271. The number of ether oxygens (including phenoxy) is 1. The molecule has 16 rings (SSSR count). The first-order valence-corrected chi connectivity index (χ1v) is 57.7. The zero-order valence-electron chi connectivity index (χ0n) is 81.8. The van der Waals surface area contributed by atoms with Crippen LogP contribution in [0.15, 0.2) is 177 Å². The molecule has 0 aliphatic carbocycles. The van der Waals surface area contributed by atoms with Crippen LogP contribution in [-0.2, 0) is 40.1 Å². The Bertz CT molecular complexity index is 6120. The van der Waals surface area contributed by atoms with E-state index >= 15 is 0 Å². The van der Waals surface area contributed by atoms with Gasteiger partial charge >= 0.3 is 6.61 Å². The van der Waals surface area contributed by atoms with Gasteiger partial charge in [-0.05, 0) is 315 Å². The number of carbonyl (C=O) groups excluding carboxylic acids is 4. The van der Waals surface area contributed by atoms with Crippen molar-refractivity contribution in [3.63, 3.8) is 0 Å². The van der Waals surface area contributed by atoms with Crippen molar-refractivity contribution in [2.45, 2.75) is 154 Å². The maximum atomic E-state index is 13.2.